The fourth-order valence-corrected chi connectivity index (χ4v) is 2.89. The Balaban J connectivity index is 2.99. The predicted octanol–water partition coefficient (Wildman–Crippen LogP) is 2.97. The van der Waals surface area contributed by atoms with Gasteiger partial charge in [0.05, 0.1) is 0 Å². The molecule has 0 saturated heterocycles. The molecule has 1 aromatic carbocycles. The van der Waals surface area contributed by atoms with Crippen LogP contribution < -0.4 is 11.3 Å². The second-order valence-electron chi connectivity index (χ2n) is 5.49. The molecule has 5 heteroatoms. The van der Waals surface area contributed by atoms with Crippen molar-refractivity contribution in [2.24, 2.45) is 5.84 Å². The van der Waals surface area contributed by atoms with E-state index in [1.54, 1.807) is 6.07 Å². The van der Waals surface area contributed by atoms with Crippen LogP contribution in [-0.4, -0.2) is 29.6 Å². The van der Waals surface area contributed by atoms with Crippen LogP contribution in [0.15, 0.2) is 18.2 Å². The second-order valence-corrected chi connectivity index (χ2v) is 5.89. The molecule has 0 aliphatic heterocycles. The molecule has 0 amide bonds. The van der Waals surface area contributed by atoms with Crippen molar-refractivity contribution in [2.45, 2.75) is 45.7 Å². The zero-order valence-corrected chi connectivity index (χ0v) is 13.5. The predicted molar refractivity (Wildman–Crippen MR) is 83.2 cm³/mol. The molecular weight excluding hydrogens is 277 g/mol. The van der Waals surface area contributed by atoms with Gasteiger partial charge < -0.3 is 0 Å². The van der Waals surface area contributed by atoms with E-state index < -0.39 is 0 Å². The number of hydrogen-bond donors (Lipinski definition) is 2. The molecule has 0 spiro atoms. The van der Waals surface area contributed by atoms with Gasteiger partial charge in [-0.1, -0.05) is 25.4 Å². The first-order chi connectivity index (χ1) is 9.36. The normalized spacial score (nSPS) is 13.8. The van der Waals surface area contributed by atoms with Gasteiger partial charge in [-0.2, -0.15) is 0 Å². The van der Waals surface area contributed by atoms with Gasteiger partial charge in [-0.05, 0) is 57.1 Å². The molecule has 1 unspecified atom stereocenters. The van der Waals surface area contributed by atoms with E-state index in [9.17, 15) is 4.39 Å². The van der Waals surface area contributed by atoms with Crippen molar-refractivity contribution in [3.63, 3.8) is 0 Å². The van der Waals surface area contributed by atoms with Crippen LogP contribution in [0, 0.1) is 5.82 Å². The maximum atomic E-state index is 13.4. The summed E-state index contributed by atoms with van der Waals surface area (Å²) >= 11 is 6.15. The van der Waals surface area contributed by atoms with E-state index in [0.29, 0.717) is 11.4 Å². The topological polar surface area (TPSA) is 41.3 Å². The quantitative estimate of drug-likeness (QED) is 0.601. The smallest absolute Gasteiger partial charge is 0.123 e. The number of rotatable bonds is 7. The van der Waals surface area contributed by atoms with Crippen LogP contribution in [-0.2, 0) is 6.42 Å². The SMILES string of the molecule is CCN(CC)C(C)(C)C(Cc1cc(F)ccc1Cl)NN. The Morgan fingerprint density at radius 3 is 2.45 bits per heavy atom. The van der Waals surface area contributed by atoms with E-state index in [1.165, 1.54) is 12.1 Å². The third-order valence-electron chi connectivity index (χ3n) is 4.06. The number of nitrogens with zero attached hydrogens (tertiary/aromatic N) is 1. The molecule has 0 aliphatic rings. The summed E-state index contributed by atoms with van der Waals surface area (Å²) in [5.74, 6) is 5.45. The molecule has 0 saturated carbocycles. The van der Waals surface area contributed by atoms with Crippen LogP contribution in [0.1, 0.15) is 33.3 Å². The molecule has 20 heavy (non-hydrogen) atoms. The average molecular weight is 302 g/mol. The second kappa shape index (κ2) is 7.36. The number of likely N-dealkylation sites (N-methyl/N-ethyl adjacent to an activating group) is 1. The lowest BCUT2D eigenvalue weighted by Gasteiger charge is -2.43. The minimum atomic E-state index is -0.277. The molecule has 114 valence electrons. The lowest BCUT2D eigenvalue weighted by atomic mass is 9.87. The monoisotopic (exact) mass is 301 g/mol. The summed E-state index contributed by atoms with van der Waals surface area (Å²) in [6, 6.07) is 4.41. The van der Waals surface area contributed by atoms with E-state index in [-0.39, 0.29) is 17.4 Å². The van der Waals surface area contributed by atoms with Crippen molar-refractivity contribution in [2.75, 3.05) is 13.1 Å². The van der Waals surface area contributed by atoms with Crippen LogP contribution in [0.2, 0.25) is 5.02 Å². The Kier molecular flexibility index (Phi) is 6.40. The van der Waals surface area contributed by atoms with Crippen LogP contribution in [0.25, 0.3) is 0 Å². The van der Waals surface area contributed by atoms with Crippen molar-refractivity contribution in [1.82, 2.24) is 10.3 Å². The fourth-order valence-electron chi connectivity index (χ4n) is 2.69. The zero-order chi connectivity index (χ0) is 15.3. The Morgan fingerprint density at radius 1 is 1.35 bits per heavy atom. The molecule has 0 fully saturated rings. The van der Waals surface area contributed by atoms with Crippen LogP contribution in [0.3, 0.4) is 0 Å². The van der Waals surface area contributed by atoms with Gasteiger partial charge in [0.25, 0.3) is 0 Å². The highest BCUT2D eigenvalue weighted by molar-refractivity contribution is 6.31. The number of benzene rings is 1. The molecule has 0 bridgehead atoms. The molecule has 1 rings (SSSR count). The van der Waals surface area contributed by atoms with Gasteiger partial charge in [0, 0.05) is 16.6 Å². The maximum Gasteiger partial charge on any atom is 0.123 e. The molecule has 0 heterocycles. The summed E-state index contributed by atoms with van der Waals surface area (Å²) in [6.45, 7) is 10.4. The number of hydrazine groups is 1. The number of nitrogens with one attached hydrogen (secondary N) is 1. The van der Waals surface area contributed by atoms with Gasteiger partial charge >= 0.3 is 0 Å². The van der Waals surface area contributed by atoms with E-state index in [4.69, 9.17) is 17.4 Å². The third-order valence-corrected chi connectivity index (χ3v) is 4.43. The Labute approximate surface area is 126 Å². The van der Waals surface area contributed by atoms with Gasteiger partial charge in [0.1, 0.15) is 5.82 Å². The van der Waals surface area contributed by atoms with Gasteiger partial charge in [0.15, 0.2) is 0 Å². The Bertz CT molecular complexity index is 433. The highest BCUT2D eigenvalue weighted by Gasteiger charge is 2.33. The first-order valence-electron chi connectivity index (χ1n) is 7.01. The molecule has 1 aromatic rings. The maximum absolute atomic E-state index is 13.4. The van der Waals surface area contributed by atoms with Crippen molar-refractivity contribution in [1.29, 1.82) is 0 Å². The summed E-state index contributed by atoms with van der Waals surface area (Å²) < 4.78 is 13.4. The van der Waals surface area contributed by atoms with Crippen molar-refractivity contribution < 1.29 is 4.39 Å². The molecule has 1 atom stereocenters. The average Bonchev–Trinajstić information content (AvgIpc) is 2.40. The molecule has 3 nitrogen and oxygen atoms in total. The largest absolute Gasteiger partial charge is 0.297 e. The lowest BCUT2D eigenvalue weighted by Crippen LogP contribution is -2.60. The van der Waals surface area contributed by atoms with Gasteiger partial charge in [-0.15, -0.1) is 0 Å². The summed E-state index contributed by atoms with van der Waals surface area (Å²) in [5.41, 5.74) is 3.48. The van der Waals surface area contributed by atoms with Gasteiger partial charge in [0.2, 0.25) is 0 Å². The van der Waals surface area contributed by atoms with E-state index in [1.807, 2.05) is 0 Å². The van der Waals surface area contributed by atoms with Crippen molar-refractivity contribution >= 4 is 11.6 Å². The molecule has 0 radical (unpaired) electrons. The Morgan fingerprint density at radius 2 is 1.95 bits per heavy atom. The molecule has 0 aliphatic carbocycles. The standard InChI is InChI=1S/C15H25ClFN3/c1-5-20(6-2)15(3,4)14(19-18)10-11-9-12(17)7-8-13(11)16/h7-9,14,19H,5-6,10,18H2,1-4H3. The minimum Gasteiger partial charge on any atom is -0.297 e. The first kappa shape index (κ1) is 17.4. The van der Waals surface area contributed by atoms with E-state index >= 15 is 0 Å². The van der Waals surface area contributed by atoms with Gasteiger partial charge in [-0.25, -0.2) is 4.39 Å². The summed E-state index contributed by atoms with van der Waals surface area (Å²) in [7, 11) is 0. The third kappa shape index (κ3) is 3.92. The number of halogens is 2. The lowest BCUT2D eigenvalue weighted by molar-refractivity contribution is 0.0912. The molecule has 0 aromatic heterocycles. The van der Waals surface area contributed by atoms with E-state index in [0.717, 1.165) is 18.7 Å². The summed E-state index contributed by atoms with van der Waals surface area (Å²) in [5, 5.41) is 0.571. The van der Waals surface area contributed by atoms with Crippen LogP contribution in [0.4, 0.5) is 4.39 Å². The highest BCUT2D eigenvalue weighted by atomic mass is 35.5. The molecule has 3 N–H and O–H groups in total. The van der Waals surface area contributed by atoms with Crippen LogP contribution >= 0.6 is 11.6 Å². The fraction of sp³-hybridized carbons (Fsp3) is 0.600. The number of hydrogen-bond acceptors (Lipinski definition) is 3. The van der Waals surface area contributed by atoms with Gasteiger partial charge in [-0.3, -0.25) is 16.2 Å². The highest BCUT2D eigenvalue weighted by Crippen LogP contribution is 2.25. The summed E-state index contributed by atoms with van der Waals surface area (Å²) in [6.07, 6.45) is 0.580. The Hall–Kier alpha value is -0.680. The van der Waals surface area contributed by atoms with Crippen molar-refractivity contribution in [3.8, 4) is 0 Å². The van der Waals surface area contributed by atoms with Crippen molar-refractivity contribution in [3.05, 3.63) is 34.6 Å². The summed E-state index contributed by atoms with van der Waals surface area (Å²) in [4.78, 5) is 2.32. The number of nitrogens with two attached hydrogens (primary N) is 1. The zero-order valence-electron chi connectivity index (χ0n) is 12.7. The molecular formula is C15H25ClFN3. The first-order valence-corrected chi connectivity index (χ1v) is 7.39. The van der Waals surface area contributed by atoms with Crippen LogP contribution in [0.5, 0.6) is 0 Å². The minimum absolute atomic E-state index is 0.0262. The van der Waals surface area contributed by atoms with E-state index in [2.05, 4.69) is 38.0 Å².